The highest BCUT2D eigenvalue weighted by Crippen LogP contribution is 2.27. The third-order valence-electron chi connectivity index (χ3n) is 2.70. The minimum atomic E-state index is 0.317. The molecule has 0 spiro atoms. The van der Waals surface area contributed by atoms with Gasteiger partial charge < -0.3 is 0 Å². The van der Waals surface area contributed by atoms with Crippen molar-refractivity contribution < 1.29 is 0 Å². The van der Waals surface area contributed by atoms with Gasteiger partial charge in [0.25, 0.3) is 0 Å². The molecule has 1 aliphatic carbocycles. The molecule has 0 aliphatic heterocycles. The van der Waals surface area contributed by atoms with Crippen LogP contribution >= 0.6 is 11.6 Å². The maximum Gasteiger partial charge on any atom is 0.0518 e. The van der Waals surface area contributed by atoms with Crippen LogP contribution in [-0.2, 0) is 0 Å². The van der Waals surface area contributed by atoms with Crippen LogP contribution < -0.4 is 0 Å². The molecule has 2 atom stereocenters. The summed E-state index contributed by atoms with van der Waals surface area (Å²) in [6.07, 6.45) is 8.57. The van der Waals surface area contributed by atoms with Gasteiger partial charge in [-0.1, -0.05) is 31.9 Å². The normalized spacial score (nSPS) is 26.6. The van der Waals surface area contributed by atoms with Gasteiger partial charge in [-0.15, -0.1) is 11.6 Å². The van der Waals surface area contributed by atoms with Crippen molar-refractivity contribution in [2.45, 2.75) is 51.3 Å². The van der Waals surface area contributed by atoms with Crippen LogP contribution in [0.1, 0.15) is 46.0 Å². The zero-order chi connectivity index (χ0) is 8.97. The van der Waals surface area contributed by atoms with E-state index in [9.17, 15) is 0 Å². The Morgan fingerprint density at radius 2 is 2.42 bits per heavy atom. The van der Waals surface area contributed by atoms with Gasteiger partial charge in [-0.05, 0) is 31.6 Å². The topological polar surface area (TPSA) is 0 Å². The van der Waals surface area contributed by atoms with Gasteiger partial charge in [0.05, 0.1) is 5.38 Å². The zero-order valence-electron chi connectivity index (χ0n) is 8.15. The van der Waals surface area contributed by atoms with Gasteiger partial charge in [-0.25, -0.2) is 0 Å². The molecule has 1 rings (SSSR count). The fourth-order valence-electron chi connectivity index (χ4n) is 1.71. The number of rotatable bonds is 3. The van der Waals surface area contributed by atoms with Crippen molar-refractivity contribution in [1.29, 1.82) is 0 Å². The second-order valence-electron chi connectivity index (χ2n) is 3.95. The number of alkyl halides is 1. The van der Waals surface area contributed by atoms with Gasteiger partial charge in [0.15, 0.2) is 0 Å². The third-order valence-corrected chi connectivity index (χ3v) is 3.05. The Balaban J connectivity index is 2.40. The SMILES string of the molecule is CCC(C)CC1=CC(Cl)CCC1. The first kappa shape index (κ1) is 10.1. The maximum atomic E-state index is 6.06. The molecule has 0 bridgehead atoms. The highest BCUT2D eigenvalue weighted by molar-refractivity contribution is 6.21. The van der Waals surface area contributed by atoms with Crippen molar-refractivity contribution in [2.24, 2.45) is 5.92 Å². The van der Waals surface area contributed by atoms with Crippen molar-refractivity contribution in [3.8, 4) is 0 Å². The first-order chi connectivity index (χ1) is 5.72. The Labute approximate surface area is 81.0 Å². The maximum absolute atomic E-state index is 6.06. The van der Waals surface area contributed by atoms with E-state index in [1.807, 2.05) is 0 Å². The van der Waals surface area contributed by atoms with Gasteiger partial charge in [0.1, 0.15) is 0 Å². The molecular weight excluding hydrogens is 168 g/mol. The second-order valence-corrected chi connectivity index (χ2v) is 4.51. The molecule has 0 nitrogen and oxygen atoms in total. The van der Waals surface area contributed by atoms with E-state index in [0.29, 0.717) is 5.38 Å². The highest BCUT2D eigenvalue weighted by atomic mass is 35.5. The van der Waals surface area contributed by atoms with Crippen LogP contribution in [-0.4, -0.2) is 5.38 Å². The lowest BCUT2D eigenvalue weighted by atomic mass is 9.91. The lowest BCUT2D eigenvalue weighted by Gasteiger charge is -2.18. The smallest absolute Gasteiger partial charge is 0.0518 e. The minimum absolute atomic E-state index is 0.317. The molecule has 1 aliphatic rings. The first-order valence-electron chi connectivity index (χ1n) is 5.06. The summed E-state index contributed by atoms with van der Waals surface area (Å²) in [5.74, 6) is 0.832. The van der Waals surface area contributed by atoms with Crippen LogP contribution in [0.2, 0.25) is 0 Å². The van der Waals surface area contributed by atoms with E-state index in [1.54, 1.807) is 5.57 Å². The molecule has 0 saturated heterocycles. The Morgan fingerprint density at radius 3 is 3.00 bits per heavy atom. The van der Waals surface area contributed by atoms with Crippen molar-refractivity contribution in [3.63, 3.8) is 0 Å². The molecule has 70 valence electrons. The van der Waals surface area contributed by atoms with E-state index in [4.69, 9.17) is 11.6 Å². The molecule has 0 aromatic carbocycles. The van der Waals surface area contributed by atoms with Crippen molar-refractivity contribution in [3.05, 3.63) is 11.6 Å². The van der Waals surface area contributed by atoms with Crippen LogP contribution in [0, 0.1) is 5.92 Å². The van der Waals surface area contributed by atoms with Gasteiger partial charge in [0, 0.05) is 0 Å². The molecule has 0 heterocycles. The average Bonchev–Trinajstić information content (AvgIpc) is 2.04. The monoisotopic (exact) mass is 186 g/mol. The summed E-state index contributed by atoms with van der Waals surface area (Å²) in [4.78, 5) is 0. The lowest BCUT2D eigenvalue weighted by molar-refractivity contribution is 0.532. The number of hydrogen-bond donors (Lipinski definition) is 0. The number of hydrogen-bond acceptors (Lipinski definition) is 0. The third kappa shape index (κ3) is 3.18. The van der Waals surface area contributed by atoms with E-state index in [1.165, 1.54) is 32.1 Å². The Bertz CT molecular complexity index is 160. The number of halogens is 1. The Hall–Kier alpha value is 0.0300. The van der Waals surface area contributed by atoms with Crippen molar-refractivity contribution in [2.75, 3.05) is 0 Å². The summed E-state index contributed by atoms with van der Waals surface area (Å²) >= 11 is 6.06. The summed E-state index contributed by atoms with van der Waals surface area (Å²) in [5.41, 5.74) is 1.59. The molecule has 0 aromatic heterocycles. The molecular formula is C11H19Cl. The quantitative estimate of drug-likeness (QED) is 0.459. The zero-order valence-corrected chi connectivity index (χ0v) is 8.90. The fraction of sp³-hybridized carbons (Fsp3) is 0.818. The van der Waals surface area contributed by atoms with Crippen LogP contribution in [0.5, 0.6) is 0 Å². The molecule has 0 saturated carbocycles. The van der Waals surface area contributed by atoms with Gasteiger partial charge in [-0.3, -0.25) is 0 Å². The molecule has 0 aromatic rings. The molecule has 1 heteroatoms. The van der Waals surface area contributed by atoms with Crippen LogP contribution in [0.25, 0.3) is 0 Å². The summed E-state index contributed by atoms with van der Waals surface area (Å²) in [6.45, 7) is 4.57. The summed E-state index contributed by atoms with van der Waals surface area (Å²) in [6, 6.07) is 0. The van der Waals surface area contributed by atoms with Gasteiger partial charge in [0.2, 0.25) is 0 Å². The molecule has 12 heavy (non-hydrogen) atoms. The lowest BCUT2D eigenvalue weighted by Crippen LogP contribution is -2.05. The average molecular weight is 187 g/mol. The van der Waals surface area contributed by atoms with E-state index in [2.05, 4.69) is 19.9 Å². The van der Waals surface area contributed by atoms with Crippen molar-refractivity contribution in [1.82, 2.24) is 0 Å². The van der Waals surface area contributed by atoms with E-state index < -0.39 is 0 Å². The molecule has 0 fully saturated rings. The summed E-state index contributed by atoms with van der Waals surface area (Å²) < 4.78 is 0. The van der Waals surface area contributed by atoms with Gasteiger partial charge in [-0.2, -0.15) is 0 Å². The van der Waals surface area contributed by atoms with Crippen LogP contribution in [0.4, 0.5) is 0 Å². The fourth-order valence-corrected chi connectivity index (χ4v) is 2.04. The van der Waals surface area contributed by atoms with Crippen molar-refractivity contribution >= 4 is 11.6 Å². The molecule has 2 unspecified atom stereocenters. The Morgan fingerprint density at radius 1 is 1.67 bits per heavy atom. The second kappa shape index (κ2) is 4.91. The Kier molecular flexibility index (Phi) is 4.14. The van der Waals surface area contributed by atoms with Crippen LogP contribution in [0.15, 0.2) is 11.6 Å². The summed E-state index contributed by atoms with van der Waals surface area (Å²) in [5, 5.41) is 0.317. The minimum Gasteiger partial charge on any atom is -0.118 e. The van der Waals surface area contributed by atoms with E-state index in [-0.39, 0.29) is 0 Å². The van der Waals surface area contributed by atoms with Crippen LogP contribution in [0.3, 0.4) is 0 Å². The summed E-state index contributed by atoms with van der Waals surface area (Å²) in [7, 11) is 0. The molecule has 0 N–H and O–H groups in total. The molecule has 0 amide bonds. The highest BCUT2D eigenvalue weighted by Gasteiger charge is 2.12. The molecule has 0 radical (unpaired) electrons. The van der Waals surface area contributed by atoms with E-state index >= 15 is 0 Å². The predicted octanol–water partition coefficient (Wildman–Crippen LogP) is 4.14. The first-order valence-corrected chi connectivity index (χ1v) is 5.49. The standard InChI is InChI=1S/C11H19Cl/c1-3-9(2)7-10-5-4-6-11(12)8-10/h8-9,11H,3-7H2,1-2H3. The van der Waals surface area contributed by atoms with E-state index in [0.717, 1.165) is 5.92 Å². The predicted molar refractivity (Wildman–Crippen MR) is 55.6 cm³/mol. The van der Waals surface area contributed by atoms with Gasteiger partial charge >= 0.3 is 0 Å². The largest absolute Gasteiger partial charge is 0.118 e. The number of allylic oxidation sites excluding steroid dienone is 2.